The van der Waals surface area contributed by atoms with Gasteiger partial charge < -0.3 is 4.57 Å². The average molecular weight is 301 g/mol. The summed E-state index contributed by atoms with van der Waals surface area (Å²) in [6.07, 6.45) is 0.584. The number of hydrogen-bond acceptors (Lipinski definition) is 3. The van der Waals surface area contributed by atoms with Gasteiger partial charge in [0.2, 0.25) is 0 Å². The van der Waals surface area contributed by atoms with E-state index in [1.807, 2.05) is 28.8 Å². The van der Waals surface area contributed by atoms with Gasteiger partial charge in [-0.05, 0) is 18.6 Å². The summed E-state index contributed by atoms with van der Waals surface area (Å²) < 4.78 is 25.0. The number of benzene rings is 1. The molecule has 19 heavy (non-hydrogen) atoms. The fourth-order valence-electron chi connectivity index (χ4n) is 2.06. The molecule has 0 radical (unpaired) electrons. The second kappa shape index (κ2) is 5.92. The van der Waals surface area contributed by atoms with Crippen molar-refractivity contribution in [2.75, 3.05) is 11.5 Å². The lowest BCUT2D eigenvalue weighted by atomic mass is 10.3. The SMILES string of the molecule is CCS(=O)(=O)CCCn1c(CCl)nc2ccccc21. The molecule has 104 valence electrons. The minimum atomic E-state index is -2.91. The number of imidazole rings is 1. The summed E-state index contributed by atoms with van der Waals surface area (Å²) in [5.74, 6) is 1.52. The Kier molecular flexibility index (Phi) is 4.47. The first kappa shape index (κ1) is 14.3. The monoisotopic (exact) mass is 300 g/mol. The Labute approximate surface area is 118 Å². The molecule has 2 rings (SSSR count). The molecule has 1 aromatic carbocycles. The van der Waals surface area contributed by atoms with E-state index in [0.29, 0.717) is 18.8 Å². The second-order valence-corrected chi connectivity index (χ2v) is 7.13. The van der Waals surface area contributed by atoms with Crippen LogP contribution in [0.4, 0.5) is 0 Å². The predicted octanol–water partition coefficient (Wildman–Crippen LogP) is 2.60. The van der Waals surface area contributed by atoms with E-state index in [-0.39, 0.29) is 11.5 Å². The number of para-hydroxylation sites is 2. The zero-order chi connectivity index (χ0) is 13.9. The molecule has 1 aromatic heterocycles. The third kappa shape index (κ3) is 3.28. The molecule has 0 fully saturated rings. The van der Waals surface area contributed by atoms with Crippen LogP contribution in [-0.4, -0.2) is 29.5 Å². The third-order valence-corrected chi connectivity index (χ3v) is 5.16. The van der Waals surface area contributed by atoms with Gasteiger partial charge in [0.05, 0.1) is 22.7 Å². The van der Waals surface area contributed by atoms with Crippen molar-refractivity contribution in [3.05, 3.63) is 30.1 Å². The molecule has 0 saturated carbocycles. The summed E-state index contributed by atoms with van der Waals surface area (Å²) in [6, 6.07) is 7.79. The highest BCUT2D eigenvalue weighted by Crippen LogP contribution is 2.18. The molecule has 0 N–H and O–H groups in total. The fourth-order valence-corrected chi connectivity index (χ4v) is 3.13. The van der Waals surface area contributed by atoms with Gasteiger partial charge in [0.25, 0.3) is 0 Å². The largest absolute Gasteiger partial charge is 0.327 e. The van der Waals surface area contributed by atoms with E-state index >= 15 is 0 Å². The van der Waals surface area contributed by atoms with E-state index in [0.717, 1.165) is 16.9 Å². The van der Waals surface area contributed by atoms with E-state index in [9.17, 15) is 8.42 Å². The third-order valence-electron chi connectivity index (χ3n) is 3.13. The molecule has 0 bridgehead atoms. The lowest BCUT2D eigenvalue weighted by molar-refractivity contribution is 0.587. The number of fused-ring (bicyclic) bond motifs is 1. The van der Waals surface area contributed by atoms with E-state index < -0.39 is 9.84 Å². The molecule has 6 heteroatoms. The van der Waals surface area contributed by atoms with E-state index in [1.54, 1.807) is 6.92 Å². The molecule has 4 nitrogen and oxygen atoms in total. The van der Waals surface area contributed by atoms with Crippen LogP contribution >= 0.6 is 11.6 Å². The van der Waals surface area contributed by atoms with Crippen LogP contribution in [0, 0.1) is 0 Å². The van der Waals surface area contributed by atoms with Crippen LogP contribution in [0.3, 0.4) is 0 Å². The van der Waals surface area contributed by atoms with Crippen LogP contribution in [0.2, 0.25) is 0 Å². The molecule has 0 atom stereocenters. The van der Waals surface area contributed by atoms with Crippen molar-refractivity contribution in [3.63, 3.8) is 0 Å². The Balaban J connectivity index is 2.20. The number of alkyl halides is 1. The van der Waals surface area contributed by atoms with Gasteiger partial charge in [0.15, 0.2) is 0 Å². The smallest absolute Gasteiger partial charge is 0.150 e. The Hall–Kier alpha value is -1.07. The van der Waals surface area contributed by atoms with Gasteiger partial charge >= 0.3 is 0 Å². The van der Waals surface area contributed by atoms with Crippen molar-refractivity contribution in [1.82, 2.24) is 9.55 Å². The molecule has 0 aliphatic rings. The minimum absolute atomic E-state index is 0.194. The van der Waals surface area contributed by atoms with Crippen LogP contribution in [-0.2, 0) is 22.3 Å². The Morgan fingerprint density at radius 3 is 2.74 bits per heavy atom. The Morgan fingerprint density at radius 1 is 1.32 bits per heavy atom. The van der Waals surface area contributed by atoms with Crippen molar-refractivity contribution >= 4 is 32.5 Å². The molecule has 0 spiro atoms. The molecule has 0 unspecified atom stereocenters. The quantitative estimate of drug-likeness (QED) is 0.771. The Morgan fingerprint density at radius 2 is 2.05 bits per heavy atom. The van der Waals surface area contributed by atoms with Gasteiger partial charge in [0, 0.05) is 12.3 Å². The molecule has 0 saturated heterocycles. The second-order valence-electron chi connectivity index (χ2n) is 4.39. The van der Waals surface area contributed by atoms with Crippen LogP contribution in [0.1, 0.15) is 19.2 Å². The maximum absolute atomic E-state index is 11.5. The highest BCUT2D eigenvalue weighted by atomic mass is 35.5. The van der Waals surface area contributed by atoms with Crippen molar-refractivity contribution in [2.45, 2.75) is 25.8 Å². The lowest BCUT2D eigenvalue weighted by Crippen LogP contribution is -2.12. The first-order valence-electron chi connectivity index (χ1n) is 6.28. The van der Waals surface area contributed by atoms with E-state index in [2.05, 4.69) is 4.98 Å². The van der Waals surface area contributed by atoms with Crippen LogP contribution in [0.5, 0.6) is 0 Å². The summed E-state index contributed by atoms with van der Waals surface area (Å²) >= 11 is 5.90. The number of rotatable bonds is 6. The summed E-state index contributed by atoms with van der Waals surface area (Å²) in [4.78, 5) is 4.45. The number of sulfone groups is 1. The number of aromatic nitrogens is 2. The maximum atomic E-state index is 11.5. The molecular weight excluding hydrogens is 284 g/mol. The van der Waals surface area contributed by atoms with Gasteiger partial charge in [-0.25, -0.2) is 13.4 Å². The van der Waals surface area contributed by atoms with E-state index in [4.69, 9.17) is 11.6 Å². The van der Waals surface area contributed by atoms with Gasteiger partial charge in [-0.3, -0.25) is 0 Å². The van der Waals surface area contributed by atoms with Crippen LogP contribution in [0.25, 0.3) is 11.0 Å². The van der Waals surface area contributed by atoms with Crippen LogP contribution < -0.4 is 0 Å². The fraction of sp³-hybridized carbons (Fsp3) is 0.462. The summed E-state index contributed by atoms with van der Waals surface area (Å²) in [6.45, 7) is 2.30. The predicted molar refractivity (Wildman–Crippen MR) is 78.2 cm³/mol. The number of halogens is 1. The first-order valence-corrected chi connectivity index (χ1v) is 8.63. The molecule has 2 aromatic rings. The van der Waals surface area contributed by atoms with Crippen LogP contribution in [0.15, 0.2) is 24.3 Å². The number of hydrogen-bond donors (Lipinski definition) is 0. The number of aryl methyl sites for hydroxylation is 1. The highest BCUT2D eigenvalue weighted by Gasteiger charge is 2.11. The van der Waals surface area contributed by atoms with Crippen molar-refractivity contribution in [2.24, 2.45) is 0 Å². The normalized spacial score (nSPS) is 12.1. The van der Waals surface area contributed by atoms with Crippen molar-refractivity contribution in [1.29, 1.82) is 0 Å². The topological polar surface area (TPSA) is 52.0 Å². The summed E-state index contributed by atoms with van der Waals surface area (Å²) in [7, 11) is -2.91. The molecular formula is C13H17ClN2O2S. The lowest BCUT2D eigenvalue weighted by Gasteiger charge is -2.07. The zero-order valence-corrected chi connectivity index (χ0v) is 12.4. The highest BCUT2D eigenvalue weighted by molar-refractivity contribution is 7.91. The molecule has 1 heterocycles. The van der Waals surface area contributed by atoms with Crippen molar-refractivity contribution in [3.8, 4) is 0 Å². The zero-order valence-electron chi connectivity index (χ0n) is 10.8. The van der Waals surface area contributed by atoms with Crippen molar-refractivity contribution < 1.29 is 8.42 Å². The number of nitrogens with zero attached hydrogens (tertiary/aromatic N) is 2. The molecule has 0 aliphatic carbocycles. The standard InChI is InChI=1S/C13H17ClN2O2S/c1-2-19(17,18)9-5-8-16-12-7-4-3-6-11(12)15-13(16)10-14/h3-4,6-7H,2,5,8-10H2,1H3. The maximum Gasteiger partial charge on any atom is 0.150 e. The Bertz CT molecular complexity index is 664. The van der Waals surface area contributed by atoms with Gasteiger partial charge in [-0.15, -0.1) is 11.6 Å². The molecule has 0 amide bonds. The van der Waals surface area contributed by atoms with Gasteiger partial charge in [-0.1, -0.05) is 19.1 Å². The molecule has 0 aliphatic heterocycles. The summed E-state index contributed by atoms with van der Waals surface area (Å²) in [5, 5.41) is 0. The average Bonchev–Trinajstić information content (AvgIpc) is 2.77. The van der Waals surface area contributed by atoms with Gasteiger partial charge in [0.1, 0.15) is 15.7 Å². The van der Waals surface area contributed by atoms with E-state index in [1.165, 1.54) is 0 Å². The first-order chi connectivity index (χ1) is 9.07. The van der Waals surface area contributed by atoms with Gasteiger partial charge in [-0.2, -0.15) is 0 Å². The minimum Gasteiger partial charge on any atom is -0.327 e. The summed E-state index contributed by atoms with van der Waals surface area (Å²) in [5.41, 5.74) is 1.91.